The predicted molar refractivity (Wildman–Crippen MR) is 59.5 cm³/mol. The molecule has 1 atom stereocenters. The van der Waals surface area contributed by atoms with Crippen LogP contribution in [0.4, 0.5) is 13.6 Å². The van der Waals surface area contributed by atoms with Crippen LogP contribution in [0.3, 0.4) is 0 Å². The minimum atomic E-state index is -0.904. The van der Waals surface area contributed by atoms with Crippen LogP contribution in [0.15, 0.2) is 18.2 Å². The number of amides is 2. The van der Waals surface area contributed by atoms with E-state index in [4.69, 9.17) is 0 Å². The predicted octanol–water partition coefficient (Wildman–Crippen LogP) is 2.49. The van der Waals surface area contributed by atoms with Crippen molar-refractivity contribution in [3.63, 3.8) is 0 Å². The lowest BCUT2D eigenvalue weighted by Gasteiger charge is -2.15. The molecule has 0 saturated heterocycles. The van der Waals surface area contributed by atoms with Crippen LogP contribution in [0.1, 0.15) is 31.4 Å². The van der Waals surface area contributed by atoms with Crippen molar-refractivity contribution in [1.29, 1.82) is 0 Å². The second-order valence-electron chi connectivity index (χ2n) is 4.29. The zero-order valence-electron chi connectivity index (χ0n) is 9.47. The number of carbonyl (C=O) groups is 1. The minimum Gasteiger partial charge on any atom is -0.335 e. The SMILES string of the molecule is CC(NC(=O)NC1CC1)c1ccc(F)c(F)c1. The van der Waals surface area contributed by atoms with Gasteiger partial charge in [-0.15, -0.1) is 0 Å². The first-order valence-electron chi connectivity index (χ1n) is 5.58. The van der Waals surface area contributed by atoms with Crippen LogP contribution in [-0.2, 0) is 0 Å². The van der Waals surface area contributed by atoms with Crippen LogP contribution in [0.2, 0.25) is 0 Å². The first kappa shape index (κ1) is 11.8. The molecule has 1 aliphatic rings. The molecule has 5 heteroatoms. The first-order chi connectivity index (χ1) is 8.06. The third-order valence-corrected chi connectivity index (χ3v) is 2.70. The Kier molecular flexibility index (Phi) is 3.26. The molecule has 0 aromatic heterocycles. The summed E-state index contributed by atoms with van der Waals surface area (Å²) in [4.78, 5) is 11.4. The molecule has 1 aromatic rings. The molecule has 92 valence electrons. The van der Waals surface area contributed by atoms with E-state index in [1.54, 1.807) is 6.92 Å². The standard InChI is InChI=1S/C12H14F2N2O/c1-7(15-12(17)16-9-3-4-9)8-2-5-10(13)11(14)6-8/h2,5-7,9H,3-4H2,1H3,(H2,15,16,17). The van der Waals surface area contributed by atoms with Gasteiger partial charge in [-0.1, -0.05) is 6.07 Å². The lowest BCUT2D eigenvalue weighted by Crippen LogP contribution is -2.38. The van der Waals surface area contributed by atoms with Crippen LogP contribution in [0, 0.1) is 11.6 Å². The number of halogens is 2. The molecular formula is C12H14F2N2O. The van der Waals surface area contributed by atoms with Crippen molar-refractivity contribution >= 4 is 6.03 Å². The number of benzene rings is 1. The Balaban J connectivity index is 1.95. The number of carbonyl (C=O) groups excluding carboxylic acids is 1. The molecule has 3 nitrogen and oxygen atoms in total. The lowest BCUT2D eigenvalue weighted by molar-refractivity contribution is 0.237. The molecule has 1 fully saturated rings. The summed E-state index contributed by atoms with van der Waals surface area (Å²) < 4.78 is 25.7. The maximum absolute atomic E-state index is 13.0. The smallest absolute Gasteiger partial charge is 0.315 e. The molecule has 0 aliphatic heterocycles. The van der Waals surface area contributed by atoms with Crippen LogP contribution >= 0.6 is 0 Å². The van der Waals surface area contributed by atoms with Crippen molar-refractivity contribution in [2.45, 2.75) is 31.8 Å². The average Bonchev–Trinajstić information content (AvgIpc) is 3.05. The van der Waals surface area contributed by atoms with E-state index in [0.717, 1.165) is 25.0 Å². The summed E-state index contributed by atoms with van der Waals surface area (Å²) in [6.45, 7) is 1.72. The second kappa shape index (κ2) is 4.69. The van der Waals surface area contributed by atoms with Crippen molar-refractivity contribution in [3.8, 4) is 0 Å². The van der Waals surface area contributed by atoms with Gasteiger partial charge in [0.05, 0.1) is 6.04 Å². The molecular weight excluding hydrogens is 226 g/mol. The first-order valence-corrected chi connectivity index (χ1v) is 5.58. The van der Waals surface area contributed by atoms with E-state index < -0.39 is 11.6 Å². The fraction of sp³-hybridized carbons (Fsp3) is 0.417. The van der Waals surface area contributed by atoms with E-state index in [-0.39, 0.29) is 18.1 Å². The fourth-order valence-corrected chi connectivity index (χ4v) is 1.52. The Morgan fingerprint density at radius 1 is 1.35 bits per heavy atom. The molecule has 1 unspecified atom stereocenters. The van der Waals surface area contributed by atoms with Crippen molar-refractivity contribution < 1.29 is 13.6 Å². The molecule has 2 amide bonds. The second-order valence-corrected chi connectivity index (χ2v) is 4.29. The van der Waals surface area contributed by atoms with Gasteiger partial charge >= 0.3 is 6.03 Å². The van der Waals surface area contributed by atoms with Crippen LogP contribution in [0.5, 0.6) is 0 Å². The summed E-state index contributed by atoms with van der Waals surface area (Å²) in [5.74, 6) is -1.79. The van der Waals surface area contributed by atoms with Crippen LogP contribution in [-0.4, -0.2) is 12.1 Å². The summed E-state index contributed by atoms with van der Waals surface area (Å²) in [6, 6.07) is 3.25. The topological polar surface area (TPSA) is 41.1 Å². The maximum atomic E-state index is 13.0. The van der Waals surface area contributed by atoms with Gasteiger partial charge < -0.3 is 10.6 Å². The van der Waals surface area contributed by atoms with E-state index in [0.29, 0.717) is 5.56 Å². The summed E-state index contributed by atoms with van der Waals surface area (Å²) in [7, 11) is 0. The van der Waals surface area contributed by atoms with Crippen LogP contribution < -0.4 is 10.6 Å². The zero-order chi connectivity index (χ0) is 12.4. The summed E-state index contributed by atoms with van der Waals surface area (Å²) in [5, 5.41) is 5.44. The highest BCUT2D eigenvalue weighted by atomic mass is 19.2. The number of hydrogen-bond donors (Lipinski definition) is 2. The number of nitrogens with one attached hydrogen (secondary N) is 2. The minimum absolute atomic E-state index is 0.271. The van der Waals surface area contributed by atoms with E-state index in [9.17, 15) is 13.6 Å². The third kappa shape index (κ3) is 3.15. The molecule has 1 saturated carbocycles. The average molecular weight is 240 g/mol. The van der Waals surface area contributed by atoms with Gasteiger partial charge in [0, 0.05) is 6.04 Å². The molecule has 0 spiro atoms. The molecule has 0 radical (unpaired) electrons. The molecule has 1 aromatic carbocycles. The number of rotatable bonds is 3. The van der Waals surface area contributed by atoms with Gasteiger partial charge in [0.1, 0.15) is 0 Å². The summed E-state index contributed by atoms with van der Waals surface area (Å²) >= 11 is 0. The number of hydrogen-bond acceptors (Lipinski definition) is 1. The van der Waals surface area contributed by atoms with E-state index in [1.807, 2.05) is 0 Å². The molecule has 1 aliphatic carbocycles. The monoisotopic (exact) mass is 240 g/mol. The Labute approximate surface area is 98.2 Å². The van der Waals surface area contributed by atoms with Gasteiger partial charge in [0.15, 0.2) is 11.6 Å². The highest BCUT2D eigenvalue weighted by Crippen LogP contribution is 2.19. The van der Waals surface area contributed by atoms with Gasteiger partial charge in [0.2, 0.25) is 0 Å². The van der Waals surface area contributed by atoms with Crippen LogP contribution in [0.25, 0.3) is 0 Å². The van der Waals surface area contributed by atoms with Crippen molar-refractivity contribution in [3.05, 3.63) is 35.4 Å². The van der Waals surface area contributed by atoms with Gasteiger partial charge in [-0.3, -0.25) is 0 Å². The summed E-state index contributed by atoms with van der Waals surface area (Å²) in [5.41, 5.74) is 0.537. The highest BCUT2D eigenvalue weighted by Gasteiger charge is 2.23. The summed E-state index contributed by atoms with van der Waals surface area (Å²) in [6.07, 6.45) is 2.01. The Hall–Kier alpha value is -1.65. The lowest BCUT2D eigenvalue weighted by atomic mass is 10.1. The van der Waals surface area contributed by atoms with E-state index in [1.165, 1.54) is 6.07 Å². The molecule has 17 heavy (non-hydrogen) atoms. The van der Waals surface area contributed by atoms with Crippen molar-refractivity contribution in [1.82, 2.24) is 10.6 Å². The van der Waals surface area contributed by atoms with Crippen molar-refractivity contribution in [2.24, 2.45) is 0 Å². The molecule has 2 N–H and O–H groups in total. The molecule has 0 heterocycles. The normalized spacial score (nSPS) is 16.4. The molecule has 0 bridgehead atoms. The van der Waals surface area contributed by atoms with Crippen molar-refractivity contribution in [2.75, 3.05) is 0 Å². The van der Waals surface area contributed by atoms with E-state index >= 15 is 0 Å². The van der Waals surface area contributed by atoms with Gasteiger partial charge in [-0.2, -0.15) is 0 Å². The Morgan fingerprint density at radius 3 is 2.65 bits per heavy atom. The Bertz CT molecular complexity index is 433. The quantitative estimate of drug-likeness (QED) is 0.837. The maximum Gasteiger partial charge on any atom is 0.315 e. The molecule has 2 rings (SSSR count). The number of urea groups is 1. The zero-order valence-corrected chi connectivity index (χ0v) is 9.47. The van der Waals surface area contributed by atoms with E-state index in [2.05, 4.69) is 10.6 Å². The third-order valence-electron chi connectivity index (χ3n) is 2.70. The van der Waals surface area contributed by atoms with Gasteiger partial charge in [-0.05, 0) is 37.5 Å². The van der Waals surface area contributed by atoms with Gasteiger partial charge in [-0.25, -0.2) is 13.6 Å². The van der Waals surface area contributed by atoms with Gasteiger partial charge in [0.25, 0.3) is 0 Å². The Morgan fingerprint density at radius 2 is 2.06 bits per heavy atom. The fourth-order valence-electron chi connectivity index (χ4n) is 1.52. The highest BCUT2D eigenvalue weighted by molar-refractivity contribution is 5.75. The largest absolute Gasteiger partial charge is 0.335 e.